The number of piperazine rings is 1. The Balaban J connectivity index is 2.60. The first kappa shape index (κ1) is 15.6. The maximum atomic E-state index is 12.0. The zero-order valence-corrected chi connectivity index (χ0v) is 11.8. The second-order valence-corrected chi connectivity index (χ2v) is 5.27. The van der Waals surface area contributed by atoms with Crippen molar-refractivity contribution in [1.29, 1.82) is 0 Å². The van der Waals surface area contributed by atoms with Crippen molar-refractivity contribution in [2.45, 2.75) is 25.4 Å². The number of amides is 3. The summed E-state index contributed by atoms with van der Waals surface area (Å²) in [7, 11) is 0. The number of carbonyl (C=O) groups excluding carboxylic acids is 2. The van der Waals surface area contributed by atoms with E-state index in [1.54, 1.807) is 6.92 Å². The molecular weight excluding hydrogens is 270 g/mol. The number of hydrogen-bond donors (Lipinski definition) is 3. The van der Waals surface area contributed by atoms with Crippen molar-refractivity contribution in [1.82, 2.24) is 15.5 Å². The number of thioether (sulfide) groups is 1. The fourth-order valence-electron chi connectivity index (χ4n) is 1.78. The summed E-state index contributed by atoms with van der Waals surface area (Å²) in [5, 5.41) is 14.2. The van der Waals surface area contributed by atoms with Gasteiger partial charge in [-0.3, -0.25) is 4.79 Å². The molecule has 0 saturated carbocycles. The molecule has 0 aromatic rings. The Morgan fingerprint density at radius 3 is 2.89 bits per heavy atom. The molecule has 1 heterocycles. The average molecular weight is 289 g/mol. The second-order valence-electron chi connectivity index (χ2n) is 4.28. The van der Waals surface area contributed by atoms with Gasteiger partial charge in [0, 0.05) is 13.1 Å². The Hall–Kier alpha value is -1.44. The molecule has 1 aliphatic heterocycles. The molecule has 1 unspecified atom stereocenters. The summed E-state index contributed by atoms with van der Waals surface area (Å²) in [4.78, 5) is 35.8. The molecule has 0 aromatic heterocycles. The van der Waals surface area contributed by atoms with Gasteiger partial charge >= 0.3 is 12.0 Å². The van der Waals surface area contributed by atoms with Gasteiger partial charge in [-0.25, -0.2) is 9.59 Å². The summed E-state index contributed by atoms with van der Waals surface area (Å²) >= 11 is 1.52. The van der Waals surface area contributed by atoms with Crippen LogP contribution in [0.5, 0.6) is 0 Å². The van der Waals surface area contributed by atoms with Gasteiger partial charge in [-0.05, 0) is 25.4 Å². The van der Waals surface area contributed by atoms with Gasteiger partial charge in [0.15, 0.2) is 0 Å². The van der Waals surface area contributed by atoms with Gasteiger partial charge in [0.1, 0.15) is 12.1 Å². The molecule has 1 aliphatic rings. The van der Waals surface area contributed by atoms with Crippen molar-refractivity contribution in [3.05, 3.63) is 0 Å². The van der Waals surface area contributed by atoms with E-state index in [-0.39, 0.29) is 5.91 Å². The van der Waals surface area contributed by atoms with Gasteiger partial charge in [-0.1, -0.05) is 0 Å². The van der Waals surface area contributed by atoms with Crippen molar-refractivity contribution in [3.63, 3.8) is 0 Å². The first-order valence-electron chi connectivity index (χ1n) is 6.04. The molecule has 0 spiro atoms. The molecule has 7 nitrogen and oxygen atoms in total. The van der Waals surface area contributed by atoms with E-state index in [1.165, 1.54) is 16.7 Å². The first-order valence-corrected chi connectivity index (χ1v) is 7.43. The van der Waals surface area contributed by atoms with Crippen LogP contribution in [0.2, 0.25) is 0 Å². The fraction of sp³-hybridized carbons (Fsp3) is 0.727. The molecule has 1 rings (SSSR count). The normalized spacial score (nSPS) is 20.6. The fourth-order valence-corrected chi connectivity index (χ4v) is 2.26. The first-order chi connectivity index (χ1) is 8.97. The van der Waals surface area contributed by atoms with Crippen molar-refractivity contribution in [2.24, 2.45) is 0 Å². The molecular formula is C11H19N3O4S. The monoisotopic (exact) mass is 289 g/mol. The molecule has 0 radical (unpaired) electrons. The number of aliphatic carboxylic acids is 1. The molecule has 1 saturated heterocycles. The standard InChI is InChI=1S/C11H19N3O4S/c1-7-9(15)12-4-5-14(7)11(18)13-8(10(16)17)3-6-19-2/h7-8H,3-6H2,1-2H3,(H,12,15)(H,13,18)(H,16,17)/t7?,8-/m0/s1. The largest absolute Gasteiger partial charge is 0.480 e. The van der Waals surface area contributed by atoms with Crippen molar-refractivity contribution in [2.75, 3.05) is 25.1 Å². The quantitative estimate of drug-likeness (QED) is 0.646. The maximum absolute atomic E-state index is 12.0. The van der Waals surface area contributed by atoms with E-state index in [4.69, 9.17) is 5.11 Å². The smallest absolute Gasteiger partial charge is 0.326 e. The number of rotatable bonds is 5. The molecule has 19 heavy (non-hydrogen) atoms. The van der Waals surface area contributed by atoms with Crippen LogP contribution in [0.15, 0.2) is 0 Å². The highest BCUT2D eigenvalue weighted by Crippen LogP contribution is 2.06. The highest BCUT2D eigenvalue weighted by Gasteiger charge is 2.31. The van der Waals surface area contributed by atoms with Crippen LogP contribution in [0.4, 0.5) is 4.79 Å². The van der Waals surface area contributed by atoms with Crippen LogP contribution in [0, 0.1) is 0 Å². The van der Waals surface area contributed by atoms with Gasteiger partial charge in [-0.15, -0.1) is 0 Å². The minimum Gasteiger partial charge on any atom is -0.480 e. The second kappa shape index (κ2) is 7.22. The van der Waals surface area contributed by atoms with Crippen LogP contribution in [0.25, 0.3) is 0 Å². The van der Waals surface area contributed by atoms with Gasteiger partial charge < -0.3 is 20.6 Å². The lowest BCUT2D eigenvalue weighted by Gasteiger charge is -2.33. The van der Waals surface area contributed by atoms with E-state index < -0.39 is 24.1 Å². The van der Waals surface area contributed by atoms with E-state index in [0.717, 1.165) is 0 Å². The third-order valence-electron chi connectivity index (χ3n) is 2.97. The van der Waals surface area contributed by atoms with E-state index in [0.29, 0.717) is 25.3 Å². The highest BCUT2D eigenvalue weighted by atomic mass is 32.2. The minimum absolute atomic E-state index is 0.225. The molecule has 0 bridgehead atoms. The van der Waals surface area contributed by atoms with Crippen molar-refractivity contribution >= 4 is 29.7 Å². The Bertz CT molecular complexity index is 364. The summed E-state index contributed by atoms with van der Waals surface area (Å²) in [5.41, 5.74) is 0. The third kappa shape index (κ3) is 4.30. The molecule has 0 aromatic carbocycles. The Kier molecular flexibility index (Phi) is 5.94. The summed E-state index contributed by atoms with van der Waals surface area (Å²) in [6.07, 6.45) is 2.23. The predicted octanol–water partition coefficient (Wildman–Crippen LogP) is -0.277. The minimum atomic E-state index is -1.06. The summed E-state index contributed by atoms with van der Waals surface area (Å²) in [5.74, 6) is -0.637. The van der Waals surface area contributed by atoms with E-state index in [9.17, 15) is 14.4 Å². The van der Waals surface area contributed by atoms with E-state index in [2.05, 4.69) is 10.6 Å². The lowest BCUT2D eigenvalue weighted by Crippen LogP contribution is -2.60. The molecule has 8 heteroatoms. The Morgan fingerprint density at radius 2 is 2.32 bits per heavy atom. The van der Waals surface area contributed by atoms with Gasteiger partial charge in [0.2, 0.25) is 5.91 Å². The van der Waals surface area contributed by atoms with Gasteiger partial charge in [-0.2, -0.15) is 11.8 Å². The summed E-state index contributed by atoms with van der Waals surface area (Å²) < 4.78 is 0. The Morgan fingerprint density at radius 1 is 1.63 bits per heavy atom. The highest BCUT2D eigenvalue weighted by molar-refractivity contribution is 7.98. The predicted molar refractivity (Wildman–Crippen MR) is 72.1 cm³/mol. The number of nitrogens with one attached hydrogen (secondary N) is 2. The van der Waals surface area contributed by atoms with Gasteiger partial charge in [0.05, 0.1) is 0 Å². The number of carbonyl (C=O) groups is 3. The number of carboxylic acids is 1. The van der Waals surface area contributed by atoms with Crippen molar-refractivity contribution < 1.29 is 19.5 Å². The number of nitrogens with zero attached hydrogens (tertiary/aromatic N) is 1. The molecule has 1 fully saturated rings. The Labute approximate surface area is 116 Å². The van der Waals surface area contributed by atoms with Crippen molar-refractivity contribution in [3.8, 4) is 0 Å². The lowest BCUT2D eigenvalue weighted by atomic mass is 10.2. The zero-order chi connectivity index (χ0) is 14.4. The number of hydrogen-bond acceptors (Lipinski definition) is 4. The topological polar surface area (TPSA) is 98.7 Å². The SMILES string of the molecule is CSCC[C@H](NC(=O)N1CCNC(=O)C1C)C(=O)O. The van der Waals surface area contributed by atoms with Crippen LogP contribution in [0.3, 0.4) is 0 Å². The van der Waals surface area contributed by atoms with E-state index in [1.807, 2.05) is 6.26 Å². The third-order valence-corrected chi connectivity index (χ3v) is 3.61. The van der Waals surface area contributed by atoms with E-state index >= 15 is 0 Å². The van der Waals surface area contributed by atoms with Gasteiger partial charge in [0.25, 0.3) is 0 Å². The average Bonchev–Trinajstić information content (AvgIpc) is 2.37. The number of urea groups is 1. The number of carboxylic acid groups (broad SMARTS) is 1. The maximum Gasteiger partial charge on any atom is 0.326 e. The molecule has 108 valence electrons. The summed E-state index contributed by atoms with van der Waals surface area (Å²) in [6, 6.07) is -2.00. The lowest BCUT2D eigenvalue weighted by molar-refractivity contribution is -0.139. The summed E-state index contributed by atoms with van der Waals surface area (Å²) in [6.45, 7) is 2.39. The zero-order valence-electron chi connectivity index (χ0n) is 11.0. The molecule has 3 amide bonds. The van der Waals surface area contributed by atoms with Crippen LogP contribution < -0.4 is 10.6 Å². The van der Waals surface area contributed by atoms with Crippen LogP contribution in [0.1, 0.15) is 13.3 Å². The van der Waals surface area contributed by atoms with Crippen LogP contribution >= 0.6 is 11.8 Å². The van der Waals surface area contributed by atoms with Crippen LogP contribution in [-0.2, 0) is 9.59 Å². The molecule has 0 aliphatic carbocycles. The molecule has 2 atom stereocenters. The molecule has 3 N–H and O–H groups in total. The van der Waals surface area contributed by atoms with Crippen LogP contribution in [-0.4, -0.2) is 65.1 Å².